The van der Waals surface area contributed by atoms with Gasteiger partial charge in [-0.05, 0) is 38.3 Å². The van der Waals surface area contributed by atoms with Crippen LogP contribution in [-0.2, 0) is 4.79 Å². The van der Waals surface area contributed by atoms with Crippen molar-refractivity contribution in [1.82, 2.24) is 10.6 Å². The van der Waals surface area contributed by atoms with Crippen LogP contribution in [0.3, 0.4) is 0 Å². The van der Waals surface area contributed by atoms with Crippen molar-refractivity contribution in [2.45, 2.75) is 44.7 Å². The molecule has 1 aliphatic rings. The van der Waals surface area contributed by atoms with E-state index in [1.807, 2.05) is 0 Å². The van der Waals surface area contributed by atoms with E-state index in [4.69, 9.17) is 10.2 Å². The first-order valence-corrected chi connectivity index (χ1v) is 7.45. The van der Waals surface area contributed by atoms with Crippen molar-refractivity contribution < 1.29 is 14.0 Å². The van der Waals surface area contributed by atoms with Gasteiger partial charge in [0.1, 0.15) is 12.3 Å². The lowest BCUT2D eigenvalue weighted by Crippen LogP contribution is -2.51. The van der Waals surface area contributed by atoms with Crippen molar-refractivity contribution in [2.75, 3.05) is 6.54 Å². The molecule has 0 spiro atoms. The monoisotopic (exact) mass is 293 g/mol. The summed E-state index contributed by atoms with van der Waals surface area (Å²) in [6.07, 6.45) is 7.06. The van der Waals surface area contributed by atoms with Crippen molar-refractivity contribution in [3.63, 3.8) is 0 Å². The summed E-state index contributed by atoms with van der Waals surface area (Å²) in [7, 11) is 0. The van der Waals surface area contributed by atoms with Gasteiger partial charge in [-0.25, -0.2) is 0 Å². The molecule has 3 unspecified atom stereocenters. The fraction of sp³-hybridized carbons (Fsp3) is 0.600. The Morgan fingerprint density at radius 3 is 2.86 bits per heavy atom. The third-order valence-corrected chi connectivity index (χ3v) is 4.06. The van der Waals surface area contributed by atoms with E-state index < -0.39 is 6.04 Å². The molecule has 6 nitrogen and oxygen atoms in total. The molecule has 2 amide bonds. The molecule has 1 aromatic rings. The highest BCUT2D eigenvalue weighted by Crippen LogP contribution is 2.23. The van der Waals surface area contributed by atoms with E-state index in [9.17, 15) is 9.59 Å². The van der Waals surface area contributed by atoms with E-state index in [2.05, 4.69) is 10.6 Å². The molecular weight excluding hydrogens is 270 g/mol. The third kappa shape index (κ3) is 4.07. The molecule has 1 saturated carbocycles. The van der Waals surface area contributed by atoms with Crippen LogP contribution in [-0.4, -0.2) is 30.4 Å². The van der Waals surface area contributed by atoms with Gasteiger partial charge < -0.3 is 20.8 Å². The summed E-state index contributed by atoms with van der Waals surface area (Å²) in [4.78, 5) is 24.0. The van der Waals surface area contributed by atoms with E-state index in [1.165, 1.54) is 18.9 Å². The van der Waals surface area contributed by atoms with Gasteiger partial charge in [0.25, 0.3) is 5.91 Å². The predicted octanol–water partition coefficient (Wildman–Crippen LogP) is 1.03. The minimum Gasteiger partial charge on any atom is -0.472 e. The van der Waals surface area contributed by atoms with Gasteiger partial charge in [0.2, 0.25) is 5.91 Å². The second kappa shape index (κ2) is 7.26. The average Bonchev–Trinajstić information content (AvgIpc) is 3.02. The zero-order valence-corrected chi connectivity index (χ0v) is 12.3. The SMILES string of the molecule is CC(NC(=O)c1ccoc1)C(=O)NC1CCCCC1CN. The van der Waals surface area contributed by atoms with Crippen molar-refractivity contribution in [3.8, 4) is 0 Å². The van der Waals surface area contributed by atoms with Gasteiger partial charge in [0, 0.05) is 6.04 Å². The van der Waals surface area contributed by atoms with Crippen LogP contribution in [0.1, 0.15) is 43.0 Å². The number of rotatable bonds is 5. The highest BCUT2D eigenvalue weighted by Gasteiger charge is 2.27. The van der Waals surface area contributed by atoms with Crippen LogP contribution in [0.15, 0.2) is 23.0 Å². The Morgan fingerprint density at radius 1 is 1.43 bits per heavy atom. The topological polar surface area (TPSA) is 97.4 Å². The van der Waals surface area contributed by atoms with Crippen molar-refractivity contribution in [1.29, 1.82) is 0 Å². The predicted molar refractivity (Wildman–Crippen MR) is 78.6 cm³/mol. The van der Waals surface area contributed by atoms with Gasteiger partial charge in [-0.3, -0.25) is 9.59 Å². The molecule has 4 N–H and O–H groups in total. The fourth-order valence-electron chi connectivity index (χ4n) is 2.73. The van der Waals surface area contributed by atoms with E-state index >= 15 is 0 Å². The Morgan fingerprint density at radius 2 is 2.19 bits per heavy atom. The zero-order valence-electron chi connectivity index (χ0n) is 12.3. The normalized spacial score (nSPS) is 23.3. The molecule has 0 bridgehead atoms. The summed E-state index contributed by atoms with van der Waals surface area (Å²) in [6.45, 7) is 2.26. The second-order valence-electron chi connectivity index (χ2n) is 5.60. The zero-order chi connectivity index (χ0) is 15.2. The van der Waals surface area contributed by atoms with Crippen LogP contribution in [0, 0.1) is 5.92 Å². The van der Waals surface area contributed by atoms with Gasteiger partial charge in [0.15, 0.2) is 0 Å². The fourth-order valence-corrected chi connectivity index (χ4v) is 2.73. The number of carbonyl (C=O) groups excluding carboxylic acids is 2. The summed E-state index contributed by atoms with van der Waals surface area (Å²) in [6, 6.07) is 1.09. The summed E-state index contributed by atoms with van der Waals surface area (Å²) in [5.74, 6) is -0.151. The first-order chi connectivity index (χ1) is 10.1. The number of hydrogen-bond donors (Lipinski definition) is 3. The van der Waals surface area contributed by atoms with Crippen LogP contribution in [0.5, 0.6) is 0 Å². The van der Waals surface area contributed by atoms with Crippen LogP contribution in [0.4, 0.5) is 0 Å². The molecule has 0 aromatic carbocycles. The van der Waals surface area contributed by atoms with Crippen LogP contribution in [0.25, 0.3) is 0 Å². The van der Waals surface area contributed by atoms with Crippen LogP contribution in [0.2, 0.25) is 0 Å². The maximum atomic E-state index is 12.2. The molecule has 1 aliphatic carbocycles. The molecule has 1 fully saturated rings. The van der Waals surface area contributed by atoms with Gasteiger partial charge in [-0.2, -0.15) is 0 Å². The molecule has 0 saturated heterocycles. The van der Waals surface area contributed by atoms with E-state index in [0.717, 1.165) is 19.3 Å². The largest absolute Gasteiger partial charge is 0.472 e. The number of nitrogens with one attached hydrogen (secondary N) is 2. The maximum Gasteiger partial charge on any atom is 0.255 e. The lowest BCUT2D eigenvalue weighted by Gasteiger charge is -2.32. The molecule has 1 heterocycles. The summed E-state index contributed by atoms with van der Waals surface area (Å²) < 4.78 is 4.85. The van der Waals surface area contributed by atoms with E-state index in [-0.39, 0.29) is 17.9 Å². The third-order valence-electron chi connectivity index (χ3n) is 4.06. The van der Waals surface area contributed by atoms with Crippen LogP contribution < -0.4 is 16.4 Å². The molecule has 3 atom stereocenters. The molecule has 1 aromatic heterocycles. The summed E-state index contributed by atoms with van der Waals surface area (Å²) in [5.41, 5.74) is 6.17. The minimum absolute atomic E-state index is 0.115. The first-order valence-electron chi connectivity index (χ1n) is 7.45. The first kappa shape index (κ1) is 15.6. The molecule has 0 aliphatic heterocycles. The minimum atomic E-state index is -0.590. The standard InChI is InChI=1S/C15H23N3O3/c1-10(17-15(20)12-6-7-21-9-12)14(19)18-13-5-3-2-4-11(13)8-16/h6-7,9-11,13H,2-5,8,16H2,1H3,(H,17,20)(H,18,19). The van der Waals surface area contributed by atoms with Gasteiger partial charge in [0.05, 0.1) is 11.8 Å². The van der Waals surface area contributed by atoms with Crippen molar-refractivity contribution in [3.05, 3.63) is 24.2 Å². The molecule has 2 rings (SSSR count). The van der Waals surface area contributed by atoms with Crippen molar-refractivity contribution >= 4 is 11.8 Å². The van der Waals surface area contributed by atoms with E-state index in [0.29, 0.717) is 18.0 Å². The number of nitrogens with two attached hydrogens (primary N) is 1. The molecular formula is C15H23N3O3. The number of carbonyl (C=O) groups is 2. The smallest absolute Gasteiger partial charge is 0.255 e. The molecule has 6 heteroatoms. The highest BCUT2D eigenvalue weighted by atomic mass is 16.3. The Balaban J connectivity index is 1.85. The number of furan rings is 1. The maximum absolute atomic E-state index is 12.2. The molecule has 116 valence electrons. The Kier molecular flexibility index (Phi) is 5.38. The average molecular weight is 293 g/mol. The molecule has 21 heavy (non-hydrogen) atoms. The Labute approximate surface area is 124 Å². The summed E-state index contributed by atoms with van der Waals surface area (Å²) in [5, 5.41) is 5.68. The van der Waals surface area contributed by atoms with Crippen molar-refractivity contribution in [2.24, 2.45) is 11.7 Å². The number of amides is 2. The van der Waals surface area contributed by atoms with Crippen LogP contribution >= 0.6 is 0 Å². The van der Waals surface area contributed by atoms with E-state index in [1.54, 1.807) is 13.0 Å². The lowest BCUT2D eigenvalue weighted by molar-refractivity contribution is -0.123. The quantitative estimate of drug-likeness (QED) is 0.755. The second-order valence-corrected chi connectivity index (χ2v) is 5.60. The van der Waals surface area contributed by atoms with Gasteiger partial charge in [-0.15, -0.1) is 0 Å². The Hall–Kier alpha value is -1.82. The highest BCUT2D eigenvalue weighted by molar-refractivity contribution is 5.97. The lowest BCUT2D eigenvalue weighted by atomic mass is 9.84. The Bertz CT molecular complexity index is 473. The molecule has 0 radical (unpaired) electrons. The summed E-state index contributed by atoms with van der Waals surface area (Å²) >= 11 is 0. The van der Waals surface area contributed by atoms with Gasteiger partial charge >= 0.3 is 0 Å². The van der Waals surface area contributed by atoms with Gasteiger partial charge in [-0.1, -0.05) is 12.8 Å². The number of hydrogen-bond acceptors (Lipinski definition) is 4.